The zero-order chi connectivity index (χ0) is 21.3. The smallest absolute Gasteiger partial charge is 0.142 e. The minimum atomic E-state index is -0.0524. The number of aromatic nitrogens is 1. The molecule has 1 aromatic carbocycles. The number of ketones is 1. The van der Waals surface area contributed by atoms with Crippen molar-refractivity contribution in [2.45, 2.75) is 69.6 Å². The van der Waals surface area contributed by atoms with Crippen LogP contribution in [0.15, 0.2) is 54.1 Å². The summed E-state index contributed by atoms with van der Waals surface area (Å²) < 4.78 is 0. The van der Waals surface area contributed by atoms with E-state index in [1.165, 1.54) is 28.8 Å². The zero-order valence-corrected chi connectivity index (χ0v) is 18.7. The highest BCUT2D eigenvalue weighted by Gasteiger charge is 2.49. The number of hydrogen-bond acceptors (Lipinski definition) is 3. The highest BCUT2D eigenvalue weighted by atomic mass is 16.1. The van der Waals surface area contributed by atoms with Gasteiger partial charge >= 0.3 is 0 Å². The Balaban J connectivity index is 1.30. The van der Waals surface area contributed by atoms with Crippen molar-refractivity contribution in [3.8, 4) is 0 Å². The summed E-state index contributed by atoms with van der Waals surface area (Å²) in [7, 11) is 0. The van der Waals surface area contributed by atoms with E-state index in [9.17, 15) is 4.79 Å². The molecule has 2 heterocycles. The molecule has 3 unspecified atom stereocenters. The zero-order valence-electron chi connectivity index (χ0n) is 18.7. The Morgan fingerprint density at radius 2 is 2.00 bits per heavy atom. The van der Waals surface area contributed by atoms with Gasteiger partial charge in [-0.15, -0.1) is 0 Å². The van der Waals surface area contributed by atoms with Gasteiger partial charge in [-0.05, 0) is 75.0 Å². The van der Waals surface area contributed by atoms with Crippen LogP contribution in [0.1, 0.15) is 73.4 Å². The van der Waals surface area contributed by atoms with E-state index in [1.54, 1.807) is 0 Å². The van der Waals surface area contributed by atoms with Gasteiger partial charge in [-0.1, -0.05) is 48.0 Å². The molecule has 0 radical (unpaired) electrons. The van der Waals surface area contributed by atoms with Crippen molar-refractivity contribution in [2.24, 2.45) is 5.92 Å². The Hall–Kier alpha value is -2.26. The number of nitrogens with zero attached hydrogens (tertiary/aromatic N) is 1. The minimum Gasteiger partial charge on any atom is -0.315 e. The molecule has 1 spiro atoms. The first-order chi connectivity index (χ1) is 15.2. The van der Waals surface area contributed by atoms with Gasteiger partial charge in [0.05, 0.1) is 0 Å². The Morgan fingerprint density at radius 3 is 2.87 bits per heavy atom. The van der Waals surface area contributed by atoms with Crippen LogP contribution in [-0.4, -0.2) is 23.9 Å². The van der Waals surface area contributed by atoms with Crippen LogP contribution < -0.4 is 5.32 Å². The summed E-state index contributed by atoms with van der Waals surface area (Å²) in [5.41, 5.74) is 6.41. The number of aryl methyl sites for hydroxylation is 2. The standard InChI is InChI=1S/C28H34N2O/c1-20-12-15-24-26(30-20)11-6-16-28(24)19-29-18-25(28)27(31)17-21-7-5-10-23(14-13-21)22-8-3-2-4-9-22/h2-4,7-9,12,15,23,25,29H,5-6,10-11,13-14,16-19H2,1H3. The molecular formula is C28H34N2O. The third kappa shape index (κ3) is 4.01. The van der Waals surface area contributed by atoms with Crippen molar-refractivity contribution in [1.82, 2.24) is 10.3 Å². The van der Waals surface area contributed by atoms with Crippen molar-refractivity contribution < 1.29 is 4.79 Å². The predicted octanol–water partition coefficient (Wildman–Crippen LogP) is 5.43. The molecule has 1 aromatic heterocycles. The molecule has 0 amide bonds. The average molecular weight is 415 g/mol. The third-order valence-electron chi connectivity index (χ3n) is 7.97. The molecule has 1 N–H and O–H groups in total. The lowest BCUT2D eigenvalue weighted by molar-refractivity contribution is -0.123. The van der Waals surface area contributed by atoms with Crippen LogP contribution in [0.2, 0.25) is 0 Å². The molecule has 3 atom stereocenters. The fraction of sp³-hybridized carbons (Fsp3) is 0.500. The number of pyridine rings is 1. The molecule has 0 saturated carbocycles. The highest BCUT2D eigenvalue weighted by Crippen LogP contribution is 2.46. The summed E-state index contributed by atoms with van der Waals surface area (Å²) in [6.07, 6.45) is 10.8. The van der Waals surface area contributed by atoms with E-state index < -0.39 is 0 Å². The Morgan fingerprint density at radius 1 is 1.13 bits per heavy atom. The third-order valence-corrected chi connectivity index (χ3v) is 7.97. The number of fused-ring (bicyclic) bond motifs is 2. The van der Waals surface area contributed by atoms with Crippen LogP contribution in [0.4, 0.5) is 0 Å². The van der Waals surface area contributed by atoms with Gasteiger partial charge in [-0.2, -0.15) is 0 Å². The molecule has 1 aliphatic heterocycles. The maximum atomic E-state index is 13.6. The fourth-order valence-electron chi connectivity index (χ4n) is 6.35. The predicted molar refractivity (Wildman–Crippen MR) is 125 cm³/mol. The molecule has 2 aromatic rings. The van der Waals surface area contributed by atoms with E-state index in [2.05, 4.69) is 60.8 Å². The average Bonchev–Trinajstić information content (AvgIpc) is 3.05. The van der Waals surface area contributed by atoms with E-state index in [0.717, 1.165) is 57.3 Å². The molecule has 5 rings (SSSR count). The first kappa shape index (κ1) is 20.6. The van der Waals surface area contributed by atoms with Gasteiger partial charge in [0.2, 0.25) is 0 Å². The number of hydrogen-bond donors (Lipinski definition) is 1. The van der Waals surface area contributed by atoms with Crippen molar-refractivity contribution in [2.75, 3.05) is 13.1 Å². The molecule has 3 nitrogen and oxygen atoms in total. The molecular weight excluding hydrogens is 380 g/mol. The fourth-order valence-corrected chi connectivity index (χ4v) is 6.35. The van der Waals surface area contributed by atoms with E-state index in [4.69, 9.17) is 4.98 Å². The highest BCUT2D eigenvalue weighted by molar-refractivity contribution is 5.86. The molecule has 0 bridgehead atoms. The van der Waals surface area contributed by atoms with Gasteiger partial charge in [-0.25, -0.2) is 0 Å². The summed E-state index contributed by atoms with van der Waals surface area (Å²) >= 11 is 0. The Bertz CT molecular complexity index is 980. The summed E-state index contributed by atoms with van der Waals surface area (Å²) in [6, 6.07) is 15.3. The van der Waals surface area contributed by atoms with Crippen LogP contribution in [0.3, 0.4) is 0 Å². The summed E-state index contributed by atoms with van der Waals surface area (Å²) in [6.45, 7) is 3.79. The van der Waals surface area contributed by atoms with Crippen molar-refractivity contribution in [3.05, 3.63) is 76.6 Å². The second-order valence-electron chi connectivity index (χ2n) is 9.87. The number of allylic oxidation sites excluding steroid dienone is 2. The van der Waals surface area contributed by atoms with Gasteiger partial charge in [0, 0.05) is 42.2 Å². The largest absolute Gasteiger partial charge is 0.315 e. The number of rotatable bonds is 4. The van der Waals surface area contributed by atoms with E-state index in [0.29, 0.717) is 18.1 Å². The molecule has 31 heavy (non-hydrogen) atoms. The number of benzene rings is 1. The van der Waals surface area contributed by atoms with Crippen LogP contribution >= 0.6 is 0 Å². The SMILES string of the molecule is Cc1ccc2c(n1)CCCC21CNCC1C(=O)CC1=CCCC(c2ccccc2)CC1. The molecule has 2 aliphatic carbocycles. The second kappa shape index (κ2) is 8.70. The summed E-state index contributed by atoms with van der Waals surface area (Å²) in [5, 5.41) is 3.58. The van der Waals surface area contributed by atoms with Crippen molar-refractivity contribution in [1.29, 1.82) is 0 Å². The maximum Gasteiger partial charge on any atom is 0.142 e. The van der Waals surface area contributed by atoms with Gasteiger partial charge < -0.3 is 5.32 Å². The van der Waals surface area contributed by atoms with Gasteiger partial charge in [0.1, 0.15) is 5.78 Å². The second-order valence-corrected chi connectivity index (χ2v) is 9.87. The van der Waals surface area contributed by atoms with Crippen LogP contribution in [-0.2, 0) is 16.6 Å². The Labute approximate surface area is 186 Å². The van der Waals surface area contributed by atoms with Crippen molar-refractivity contribution in [3.63, 3.8) is 0 Å². The first-order valence-electron chi connectivity index (χ1n) is 12.1. The molecule has 3 aliphatic rings. The minimum absolute atomic E-state index is 0.0524. The number of carbonyl (C=O) groups excluding carboxylic acids is 1. The number of carbonyl (C=O) groups is 1. The van der Waals surface area contributed by atoms with Gasteiger partial charge in [-0.3, -0.25) is 9.78 Å². The lowest BCUT2D eigenvalue weighted by Crippen LogP contribution is -2.42. The lowest BCUT2D eigenvalue weighted by Gasteiger charge is -2.39. The molecule has 3 heteroatoms. The summed E-state index contributed by atoms with van der Waals surface area (Å²) in [5.74, 6) is 1.12. The van der Waals surface area contributed by atoms with E-state index in [-0.39, 0.29) is 11.3 Å². The molecule has 1 saturated heterocycles. The van der Waals surface area contributed by atoms with E-state index >= 15 is 0 Å². The monoisotopic (exact) mass is 414 g/mol. The molecule has 162 valence electrons. The van der Waals surface area contributed by atoms with Gasteiger partial charge in [0.15, 0.2) is 0 Å². The summed E-state index contributed by atoms with van der Waals surface area (Å²) in [4.78, 5) is 18.5. The van der Waals surface area contributed by atoms with E-state index in [1.807, 2.05) is 0 Å². The van der Waals surface area contributed by atoms with Crippen LogP contribution in [0.5, 0.6) is 0 Å². The Kier molecular flexibility index (Phi) is 5.79. The maximum absolute atomic E-state index is 13.6. The van der Waals surface area contributed by atoms with Crippen LogP contribution in [0, 0.1) is 12.8 Å². The quantitative estimate of drug-likeness (QED) is 0.679. The van der Waals surface area contributed by atoms with Crippen molar-refractivity contribution >= 4 is 5.78 Å². The number of Topliss-reactive ketones (excluding diaryl/α,β-unsaturated/α-hetero) is 1. The van der Waals surface area contributed by atoms with Gasteiger partial charge in [0.25, 0.3) is 0 Å². The topological polar surface area (TPSA) is 42.0 Å². The van der Waals surface area contributed by atoms with Crippen LogP contribution in [0.25, 0.3) is 0 Å². The normalized spacial score (nSPS) is 28.1. The molecule has 1 fully saturated rings. The lowest BCUT2D eigenvalue weighted by atomic mass is 9.64. The first-order valence-corrected chi connectivity index (χ1v) is 12.1. The number of nitrogens with one attached hydrogen (secondary N) is 1.